The summed E-state index contributed by atoms with van der Waals surface area (Å²) in [4.78, 5) is 0. The first kappa shape index (κ1) is 14.9. The third-order valence-electron chi connectivity index (χ3n) is 3.02. The molecule has 0 aromatic rings. The molecule has 3 atom stereocenters. The molecule has 0 spiro atoms. The van der Waals surface area contributed by atoms with Gasteiger partial charge in [0.1, 0.15) is 0 Å². The van der Waals surface area contributed by atoms with Gasteiger partial charge in [0.15, 0.2) is 0 Å². The molecule has 4 nitrogen and oxygen atoms in total. The number of hydrogen-bond acceptors (Lipinski definition) is 4. The molecule has 0 aromatic heterocycles. The highest BCUT2D eigenvalue weighted by Crippen LogP contribution is 2.21. The summed E-state index contributed by atoms with van der Waals surface area (Å²) in [6.45, 7) is 8.73. The average Bonchev–Trinajstić information content (AvgIpc) is 2.23. The number of nitrogens with one attached hydrogen (secondary N) is 1. The molecule has 1 aliphatic heterocycles. The summed E-state index contributed by atoms with van der Waals surface area (Å²) < 4.78 is 16.6. The van der Waals surface area contributed by atoms with Crippen LogP contribution in [0.15, 0.2) is 0 Å². The van der Waals surface area contributed by atoms with Gasteiger partial charge in [0, 0.05) is 19.7 Å². The Morgan fingerprint density at radius 1 is 1.29 bits per heavy atom. The topological polar surface area (TPSA) is 39.7 Å². The molecule has 0 amide bonds. The fraction of sp³-hybridized carbons (Fsp3) is 1.00. The third-order valence-corrected chi connectivity index (χ3v) is 3.02. The summed E-state index contributed by atoms with van der Waals surface area (Å²) >= 11 is 0. The first-order valence-electron chi connectivity index (χ1n) is 6.61. The average molecular weight is 245 g/mol. The summed E-state index contributed by atoms with van der Waals surface area (Å²) in [5, 5.41) is 3.36. The molecule has 102 valence electrons. The largest absolute Gasteiger partial charge is 0.383 e. The smallest absolute Gasteiger partial charge is 0.0625 e. The van der Waals surface area contributed by atoms with E-state index in [9.17, 15) is 0 Å². The van der Waals surface area contributed by atoms with Crippen molar-refractivity contribution in [1.82, 2.24) is 5.32 Å². The van der Waals surface area contributed by atoms with E-state index in [0.29, 0.717) is 24.4 Å². The molecular weight excluding hydrogens is 218 g/mol. The van der Waals surface area contributed by atoms with Crippen LogP contribution in [0.5, 0.6) is 0 Å². The van der Waals surface area contributed by atoms with E-state index in [0.717, 1.165) is 32.6 Å². The van der Waals surface area contributed by atoms with Gasteiger partial charge in [-0.2, -0.15) is 0 Å². The second kappa shape index (κ2) is 8.03. The minimum Gasteiger partial charge on any atom is -0.383 e. The van der Waals surface area contributed by atoms with Crippen LogP contribution < -0.4 is 5.32 Å². The van der Waals surface area contributed by atoms with Crippen molar-refractivity contribution in [2.75, 3.05) is 26.9 Å². The Bertz CT molecular complexity index is 191. The fourth-order valence-corrected chi connectivity index (χ4v) is 2.32. The highest BCUT2D eigenvalue weighted by atomic mass is 16.5. The molecular formula is C13H27NO3. The second-order valence-corrected chi connectivity index (χ2v) is 5.03. The van der Waals surface area contributed by atoms with Gasteiger partial charge in [-0.05, 0) is 33.6 Å². The quantitative estimate of drug-likeness (QED) is 0.691. The van der Waals surface area contributed by atoms with Crippen molar-refractivity contribution in [3.63, 3.8) is 0 Å². The van der Waals surface area contributed by atoms with Crippen molar-refractivity contribution in [2.45, 2.75) is 58.0 Å². The van der Waals surface area contributed by atoms with E-state index in [-0.39, 0.29) is 0 Å². The molecule has 4 heteroatoms. The zero-order valence-electron chi connectivity index (χ0n) is 11.6. The van der Waals surface area contributed by atoms with Crippen LogP contribution in [0.3, 0.4) is 0 Å². The summed E-state index contributed by atoms with van der Waals surface area (Å²) in [6, 6.07) is 0.385. The first-order valence-corrected chi connectivity index (χ1v) is 6.61. The number of ether oxygens (including phenoxy) is 3. The van der Waals surface area contributed by atoms with Crippen molar-refractivity contribution in [3.8, 4) is 0 Å². The Hall–Kier alpha value is -0.160. The summed E-state index contributed by atoms with van der Waals surface area (Å²) in [6.07, 6.45) is 3.03. The number of rotatable bonds is 7. The molecule has 0 saturated carbocycles. The lowest BCUT2D eigenvalue weighted by Crippen LogP contribution is -2.37. The Kier molecular flexibility index (Phi) is 7.04. The molecule has 17 heavy (non-hydrogen) atoms. The van der Waals surface area contributed by atoms with Crippen LogP contribution in [0.4, 0.5) is 0 Å². The van der Waals surface area contributed by atoms with Gasteiger partial charge in [-0.15, -0.1) is 0 Å². The van der Waals surface area contributed by atoms with Gasteiger partial charge in [0.05, 0.1) is 31.5 Å². The molecule has 3 unspecified atom stereocenters. The Balaban J connectivity index is 2.06. The van der Waals surface area contributed by atoms with Gasteiger partial charge in [0.25, 0.3) is 0 Å². The lowest BCUT2D eigenvalue weighted by Gasteiger charge is -2.32. The van der Waals surface area contributed by atoms with Gasteiger partial charge in [-0.1, -0.05) is 0 Å². The first-order chi connectivity index (χ1) is 8.11. The van der Waals surface area contributed by atoms with Crippen molar-refractivity contribution >= 4 is 0 Å². The SMILES string of the molecule is COCC(C)NCCOC1CC(C)OC(C)C1. The van der Waals surface area contributed by atoms with Gasteiger partial charge in [-0.25, -0.2) is 0 Å². The van der Waals surface area contributed by atoms with Gasteiger partial charge < -0.3 is 19.5 Å². The Morgan fingerprint density at radius 2 is 1.94 bits per heavy atom. The van der Waals surface area contributed by atoms with Crippen LogP contribution in [0.2, 0.25) is 0 Å². The highest BCUT2D eigenvalue weighted by molar-refractivity contribution is 4.73. The molecule has 1 aliphatic rings. The number of hydrogen-bond donors (Lipinski definition) is 1. The zero-order valence-corrected chi connectivity index (χ0v) is 11.6. The van der Waals surface area contributed by atoms with E-state index < -0.39 is 0 Å². The molecule has 0 bridgehead atoms. The van der Waals surface area contributed by atoms with E-state index >= 15 is 0 Å². The maximum absolute atomic E-state index is 5.87. The molecule has 0 aliphatic carbocycles. The highest BCUT2D eigenvalue weighted by Gasteiger charge is 2.24. The van der Waals surface area contributed by atoms with Gasteiger partial charge in [0.2, 0.25) is 0 Å². The van der Waals surface area contributed by atoms with Crippen molar-refractivity contribution in [3.05, 3.63) is 0 Å². The normalized spacial score (nSPS) is 31.4. The zero-order chi connectivity index (χ0) is 12.7. The Labute approximate surface area is 105 Å². The second-order valence-electron chi connectivity index (χ2n) is 5.03. The molecule has 1 heterocycles. The van der Waals surface area contributed by atoms with Crippen LogP contribution in [0.25, 0.3) is 0 Å². The standard InChI is InChI=1S/C13H27NO3/c1-10(9-15-4)14-5-6-16-13-7-11(2)17-12(3)8-13/h10-14H,5-9H2,1-4H3. The number of methoxy groups -OCH3 is 1. The van der Waals surface area contributed by atoms with Crippen LogP contribution in [0, 0.1) is 0 Å². The summed E-state index contributed by atoms with van der Waals surface area (Å²) in [7, 11) is 1.72. The van der Waals surface area contributed by atoms with Gasteiger partial charge in [-0.3, -0.25) is 0 Å². The maximum atomic E-state index is 5.87. The van der Waals surface area contributed by atoms with Crippen LogP contribution in [-0.4, -0.2) is 51.2 Å². The summed E-state index contributed by atoms with van der Waals surface area (Å²) in [5.74, 6) is 0. The van der Waals surface area contributed by atoms with E-state index in [4.69, 9.17) is 14.2 Å². The summed E-state index contributed by atoms with van der Waals surface area (Å²) in [5.41, 5.74) is 0. The van der Waals surface area contributed by atoms with E-state index in [1.807, 2.05) is 0 Å². The van der Waals surface area contributed by atoms with Crippen molar-refractivity contribution < 1.29 is 14.2 Å². The van der Waals surface area contributed by atoms with E-state index in [1.54, 1.807) is 7.11 Å². The minimum atomic E-state index is 0.323. The maximum Gasteiger partial charge on any atom is 0.0625 e. The molecule has 1 saturated heterocycles. The van der Waals surface area contributed by atoms with E-state index in [1.165, 1.54) is 0 Å². The van der Waals surface area contributed by atoms with Crippen LogP contribution in [-0.2, 0) is 14.2 Å². The third kappa shape index (κ3) is 6.36. The van der Waals surface area contributed by atoms with Crippen LogP contribution >= 0.6 is 0 Å². The van der Waals surface area contributed by atoms with Crippen LogP contribution in [0.1, 0.15) is 33.6 Å². The monoisotopic (exact) mass is 245 g/mol. The lowest BCUT2D eigenvalue weighted by molar-refractivity contribution is -0.101. The van der Waals surface area contributed by atoms with Gasteiger partial charge >= 0.3 is 0 Å². The van der Waals surface area contributed by atoms with Crippen molar-refractivity contribution in [1.29, 1.82) is 0 Å². The van der Waals surface area contributed by atoms with Crippen molar-refractivity contribution in [2.24, 2.45) is 0 Å². The van der Waals surface area contributed by atoms with E-state index in [2.05, 4.69) is 26.1 Å². The molecule has 1 rings (SSSR count). The fourth-order valence-electron chi connectivity index (χ4n) is 2.32. The lowest BCUT2D eigenvalue weighted by atomic mass is 10.0. The predicted octanol–water partition coefficient (Wildman–Crippen LogP) is 1.58. The molecule has 1 fully saturated rings. The Morgan fingerprint density at radius 3 is 2.53 bits per heavy atom. The molecule has 0 aromatic carbocycles. The predicted molar refractivity (Wildman–Crippen MR) is 68.3 cm³/mol. The minimum absolute atomic E-state index is 0.323. The molecule has 1 N–H and O–H groups in total. The molecule has 0 radical (unpaired) electrons.